The SMILES string of the molecule is NC(=O)c1ccc(Oc2ccc(C(=O)N3CCCC(C(=O)N4CCOCC4)C3)cc2)cc1. The fourth-order valence-electron chi connectivity index (χ4n) is 4.08. The van der Waals surface area contributed by atoms with Gasteiger partial charge in [0.25, 0.3) is 5.91 Å². The Morgan fingerprint density at radius 2 is 1.44 bits per heavy atom. The summed E-state index contributed by atoms with van der Waals surface area (Å²) in [6.07, 6.45) is 1.62. The molecule has 2 N–H and O–H groups in total. The van der Waals surface area contributed by atoms with Crippen LogP contribution in [0.15, 0.2) is 48.5 Å². The molecule has 2 fully saturated rings. The number of piperidine rings is 1. The van der Waals surface area contributed by atoms with Crippen LogP contribution < -0.4 is 10.5 Å². The Morgan fingerprint density at radius 1 is 0.844 bits per heavy atom. The Balaban J connectivity index is 1.36. The van der Waals surface area contributed by atoms with Gasteiger partial charge in [-0.05, 0) is 61.4 Å². The minimum atomic E-state index is -0.494. The molecular formula is C24H27N3O5. The number of carbonyl (C=O) groups excluding carboxylic acids is 3. The van der Waals surface area contributed by atoms with Gasteiger partial charge in [-0.15, -0.1) is 0 Å². The molecule has 8 heteroatoms. The molecular weight excluding hydrogens is 410 g/mol. The lowest BCUT2D eigenvalue weighted by Crippen LogP contribution is -2.49. The van der Waals surface area contributed by atoms with E-state index in [0.29, 0.717) is 62.0 Å². The van der Waals surface area contributed by atoms with Gasteiger partial charge in [-0.25, -0.2) is 0 Å². The molecule has 3 amide bonds. The molecule has 0 saturated carbocycles. The number of nitrogens with two attached hydrogens (primary N) is 1. The number of amides is 3. The third-order valence-corrected chi connectivity index (χ3v) is 5.86. The van der Waals surface area contributed by atoms with Gasteiger partial charge in [0.15, 0.2) is 0 Å². The molecule has 0 spiro atoms. The molecule has 0 aliphatic carbocycles. The number of benzene rings is 2. The lowest BCUT2D eigenvalue weighted by molar-refractivity contribution is -0.141. The van der Waals surface area contributed by atoms with Crippen LogP contribution >= 0.6 is 0 Å². The van der Waals surface area contributed by atoms with E-state index in [2.05, 4.69) is 0 Å². The maximum absolute atomic E-state index is 13.0. The molecule has 168 valence electrons. The molecule has 0 radical (unpaired) electrons. The van der Waals surface area contributed by atoms with Gasteiger partial charge in [0.1, 0.15) is 11.5 Å². The highest BCUT2D eigenvalue weighted by molar-refractivity contribution is 5.95. The third-order valence-electron chi connectivity index (χ3n) is 5.86. The summed E-state index contributed by atoms with van der Waals surface area (Å²) in [4.78, 5) is 40.6. The van der Waals surface area contributed by atoms with Crippen molar-refractivity contribution in [3.8, 4) is 11.5 Å². The highest BCUT2D eigenvalue weighted by atomic mass is 16.5. The number of nitrogens with zero attached hydrogens (tertiary/aromatic N) is 2. The monoisotopic (exact) mass is 437 g/mol. The number of primary amides is 1. The summed E-state index contributed by atoms with van der Waals surface area (Å²) in [5.74, 6) is 0.531. The van der Waals surface area contributed by atoms with E-state index in [4.69, 9.17) is 15.2 Å². The van der Waals surface area contributed by atoms with Gasteiger partial charge in [0.2, 0.25) is 11.8 Å². The van der Waals surface area contributed by atoms with Crippen molar-refractivity contribution in [2.45, 2.75) is 12.8 Å². The first kappa shape index (κ1) is 21.8. The molecule has 0 aromatic heterocycles. The topological polar surface area (TPSA) is 102 Å². The van der Waals surface area contributed by atoms with Crippen molar-refractivity contribution in [3.05, 3.63) is 59.7 Å². The van der Waals surface area contributed by atoms with Crippen LogP contribution in [0.3, 0.4) is 0 Å². The van der Waals surface area contributed by atoms with E-state index < -0.39 is 5.91 Å². The molecule has 0 bridgehead atoms. The quantitative estimate of drug-likeness (QED) is 0.773. The van der Waals surface area contributed by atoms with Gasteiger partial charge in [-0.3, -0.25) is 14.4 Å². The second-order valence-electron chi connectivity index (χ2n) is 8.04. The summed E-state index contributed by atoms with van der Waals surface area (Å²) in [6, 6.07) is 13.4. The van der Waals surface area contributed by atoms with Gasteiger partial charge in [-0.2, -0.15) is 0 Å². The summed E-state index contributed by atoms with van der Waals surface area (Å²) in [5.41, 5.74) is 6.21. The third kappa shape index (κ3) is 5.08. The minimum absolute atomic E-state index is 0.0816. The van der Waals surface area contributed by atoms with Gasteiger partial charge in [0, 0.05) is 37.3 Å². The van der Waals surface area contributed by atoms with Crippen molar-refractivity contribution in [2.24, 2.45) is 11.7 Å². The zero-order chi connectivity index (χ0) is 22.5. The summed E-state index contributed by atoms with van der Waals surface area (Å²) in [5, 5.41) is 0. The average Bonchev–Trinajstić information content (AvgIpc) is 2.84. The lowest BCUT2D eigenvalue weighted by Gasteiger charge is -2.36. The smallest absolute Gasteiger partial charge is 0.253 e. The van der Waals surface area contributed by atoms with Crippen LogP contribution in [0.25, 0.3) is 0 Å². The summed E-state index contributed by atoms with van der Waals surface area (Å²) < 4.78 is 11.1. The van der Waals surface area contributed by atoms with Crippen molar-refractivity contribution >= 4 is 17.7 Å². The molecule has 2 heterocycles. The molecule has 2 aromatic carbocycles. The molecule has 2 aliphatic heterocycles. The number of rotatable bonds is 5. The average molecular weight is 437 g/mol. The summed E-state index contributed by atoms with van der Waals surface area (Å²) in [7, 11) is 0. The first-order valence-corrected chi connectivity index (χ1v) is 10.8. The first-order valence-electron chi connectivity index (χ1n) is 10.8. The van der Waals surface area contributed by atoms with Crippen molar-refractivity contribution in [1.29, 1.82) is 0 Å². The molecule has 4 rings (SSSR count). The zero-order valence-corrected chi connectivity index (χ0v) is 17.9. The highest BCUT2D eigenvalue weighted by Crippen LogP contribution is 2.24. The number of morpholine rings is 1. The van der Waals surface area contributed by atoms with Crippen LogP contribution in [0.4, 0.5) is 0 Å². The van der Waals surface area contributed by atoms with E-state index in [0.717, 1.165) is 12.8 Å². The van der Waals surface area contributed by atoms with Crippen LogP contribution in [-0.4, -0.2) is 66.9 Å². The van der Waals surface area contributed by atoms with Crippen LogP contribution in [0, 0.1) is 5.92 Å². The Labute approximate surface area is 186 Å². The van der Waals surface area contributed by atoms with E-state index >= 15 is 0 Å². The first-order chi connectivity index (χ1) is 15.5. The molecule has 32 heavy (non-hydrogen) atoms. The highest BCUT2D eigenvalue weighted by Gasteiger charge is 2.32. The van der Waals surface area contributed by atoms with E-state index in [-0.39, 0.29) is 17.7 Å². The number of hydrogen-bond donors (Lipinski definition) is 1. The fraction of sp³-hybridized carbons (Fsp3) is 0.375. The standard InChI is InChI=1S/C24H27N3O5/c25-22(28)17-3-7-20(8-4-17)32-21-9-5-18(6-10-21)23(29)27-11-1-2-19(16-27)24(30)26-12-14-31-15-13-26/h3-10,19H,1-2,11-16H2,(H2,25,28). The van der Waals surface area contributed by atoms with Gasteiger partial charge < -0.3 is 25.0 Å². The maximum Gasteiger partial charge on any atom is 0.253 e. The molecule has 1 unspecified atom stereocenters. The van der Waals surface area contributed by atoms with Gasteiger partial charge in [-0.1, -0.05) is 0 Å². The normalized spacial score (nSPS) is 18.8. The Morgan fingerprint density at radius 3 is 2.03 bits per heavy atom. The number of likely N-dealkylation sites (tertiary alicyclic amines) is 1. The van der Waals surface area contributed by atoms with Crippen LogP contribution in [0.5, 0.6) is 11.5 Å². The second-order valence-corrected chi connectivity index (χ2v) is 8.04. The predicted molar refractivity (Wildman–Crippen MR) is 118 cm³/mol. The lowest BCUT2D eigenvalue weighted by atomic mass is 9.95. The van der Waals surface area contributed by atoms with Crippen molar-refractivity contribution in [1.82, 2.24) is 9.80 Å². The Bertz CT molecular complexity index is 968. The predicted octanol–water partition coefficient (Wildman–Crippen LogP) is 2.29. The summed E-state index contributed by atoms with van der Waals surface area (Å²) >= 11 is 0. The molecule has 2 saturated heterocycles. The van der Waals surface area contributed by atoms with Crippen molar-refractivity contribution < 1.29 is 23.9 Å². The Kier molecular flexibility index (Phi) is 6.70. The van der Waals surface area contributed by atoms with Crippen LogP contribution in [-0.2, 0) is 9.53 Å². The summed E-state index contributed by atoms with van der Waals surface area (Å²) in [6.45, 7) is 3.48. The van der Waals surface area contributed by atoms with E-state index in [1.165, 1.54) is 0 Å². The van der Waals surface area contributed by atoms with E-state index in [9.17, 15) is 14.4 Å². The number of hydrogen-bond acceptors (Lipinski definition) is 5. The number of carbonyl (C=O) groups is 3. The molecule has 2 aliphatic rings. The number of ether oxygens (including phenoxy) is 2. The molecule has 8 nitrogen and oxygen atoms in total. The van der Waals surface area contributed by atoms with Gasteiger partial charge >= 0.3 is 0 Å². The second kappa shape index (κ2) is 9.82. The van der Waals surface area contributed by atoms with Crippen molar-refractivity contribution in [3.63, 3.8) is 0 Å². The minimum Gasteiger partial charge on any atom is -0.457 e. The largest absolute Gasteiger partial charge is 0.457 e. The van der Waals surface area contributed by atoms with Crippen molar-refractivity contribution in [2.75, 3.05) is 39.4 Å². The fourth-order valence-corrected chi connectivity index (χ4v) is 4.08. The Hall–Kier alpha value is -3.39. The molecule has 1 atom stereocenters. The van der Waals surface area contributed by atoms with Crippen LogP contribution in [0.1, 0.15) is 33.6 Å². The zero-order valence-electron chi connectivity index (χ0n) is 17.9. The van der Waals surface area contributed by atoms with Crippen LogP contribution in [0.2, 0.25) is 0 Å². The van der Waals surface area contributed by atoms with Gasteiger partial charge in [0.05, 0.1) is 19.1 Å². The maximum atomic E-state index is 13.0. The van der Waals surface area contributed by atoms with E-state index in [1.54, 1.807) is 53.4 Å². The van der Waals surface area contributed by atoms with E-state index in [1.807, 2.05) is 4.90 Å². The molecule has 2 aromatic rings.